The maximum Gasteiger partial charge on any atom is 0.269 e. The van der Waals surface area contributed by atoms with E-state index in [2.05, 4.69) is 10.6 Å². The Morgan fingerprint density at radius 2 is 2.19 bits per heavy atom. The first-order chi connectivity index (χ1) is 12.4. The van der Waals surface area contributed by atoms with Gasteiger partial charge < -0.3 is 15.4 Å². The summed E-state index contributed by atoms with van der Waals surface area (Å²) in [4.78, 5) is 24.5. The summed E-state index contributed by atoms with van der Waals surface area (Å²) in [6.45, 7) is 2.57. The molecule has 0 aromatic heterocycles. The molecule has 1 aromatic rings. The summed E-state index contributed by atoms with van der Waals surface area (Å²) in [6.07, 6.45) is 1.98. The summed E-state index contributed by atoms with van der Waals surface area (Å²) in [7, 11) is -2.51. The van der Waals surface area contributed by atoms with E-state index in [1.807, 2.05) is 0 Å². The molecule has 1 unspecified atom stereocenters. The first-order valence-electron chi connectivity index (χ1n) is 8.64. The van der Waals surface area contributed by atoms with Gasteiger partial charge in [-0.1, -0.05) is 0 Å². The Kier molecular flexibility index (Phi) is 7.21. The Bertz CT molecular complexity index is 809. The first-order valence-corrected chi connectivity index (χ1v) is 10.1. The number of nitrogens with one attached hydrogen (secondary N) is 2. The van der Waals surface area contributed by atoms with Crippen LogP contribution in [0.15, 0.2) is 23.1 Å². The smallest absolute Gasteiger partial charge is 0.269 e. The molecule has 1 aromatic carbocycles. The summed E-state index contributed by atoms with van der Waals surface area (Å²) in [5.41, 5.74) is 0.327. The molecule has 2 heterocycles. The SMILES string of the molecule is COCCN1C(=O)c2ccc(C(=O)NCCC3CCNC3)cc2S1(=O)=O.Cl. The fourth-order valence-corrected chi connectivity index (χ4v) is 4.84. The van der Waals surface area contributed by atoms with E-state index in [0.29, 0.717) is 12.5 Å². The number of ether oxygens (including phenoxy) is 1. The van der Waals surface area contributed by atoms with Gasteiger partial charge in [-0.25, -0.2) is 12.7 Å². The minimum Gasteiger partial charge on any atom is -0.383 e. The molecule has 3 rings (SSSR count). The average molecular weight is 418 g/mol. The third-order valence-electron chi connectivity index (χ3n) is 4.77. The van der Waals surface area contributed by atoms with Crippen LogP contribution in [0.1, 0.15) is 33.6 Å². The number of methoxy groups -OCH3 is 1. The third-order valence-corrected chi connectivity index (χ3v) is 6.59. The predicted molar refractivity (Wildman–Crippen MR) is 102 cm³/mol. The summed E-state index contributed by atoms with van der Waals surface area (Å²) in [5, 5.41) is 6.10. The van der Waals surface area contributed by atoms with Crippen LogP contribution in [0.25, 0.3) is 0 Å². The zero-order valence-electron chi connectivity index (χ0n) is 15.1. The maximum absolute atomic E-state index is 12.6. The molecule has 1 fully saturated rings. The molecule has 2 amide bonds. The number of rotatable bonds is 7. The summed E-state index contributed by atoms with van der Waals surface area (Å²) >= 11 is 0. The van der Waals surface area contributed by atoms with Crippen LogP contribution in [0, 0.1) is 5.92 Å². The number of sulfonamides is 1. The Morgan fingerprint density at radius 1 is 1.41 bits per heavy atom. The summed E-state index contributed by atoms with van der Waals surface area (Å²) < 4.78 is 30.8. The van der Waals surface area contributed by atoms with Crippen LogP contribution in [0.4, 0.5) is 0 Å². The normalized spacial score (nSPS) is 20.3. The van der Waals surface area contributed by atoms with Crippen molar-refractivity contribution in [2.24, 2.45) is 5.92 Å². The minimum absolute atomic E-state index is 0. The number of halogens is 1. The maximum atomic E-state index is 12.6. The lowest BCUT2D eigenvalue weighted by Crippen LogP contribution is -2.33. The van der Waals surface area contributed by atoms with Crippen molar-refractivity contribution in [2.75, 3.05) is 39.9 Å². The fraction of sp³-hybridized carbons (Fsp3) is 0.529. The van der Waals surface area contributed by atoms with Crippen LogP contribution in [0.5, 0.6) is 0 Å². The second-order valence-corrected chi connectivity index (χ2v) is 8.32. The molecule has 150 valence electrons. The average Bonchev–Trinajstić information content (AvgIpc) is 3.20. The van der Waals surface area contributed by atoms with Crippen molar-refractivity contribution < 1.29 is 22.7 Å². The van der Waals surface area contributed by atoms with E-state index in [1.165, 1.54) is 25.3 Å². The number of carbonyl (C=O) groups is 2. The number of carbonyl (C=O) groups excluding carboxylic acids is 2. The highest BCUT2D eigenvalue weighted by molar-refractivity contribution is 7.90. The quantitative estimate of drug-likeness (QED) is 0.674. The number of hydrogen-bond donors (Lipinski definition) is 2. The van der Waals surface area contributed by atoms with Crippen LogP contribution in [-0.4, -0.2) is 64.4 Å². The molecule has 8 nitrogen and oxygen atoms in total. The van der Waals surface area contributed by atoms with Crippen molar-refractivity contribution in [2.45, 2.75) is 17.7 Å². The van der Waals surface area contributed by atoms with Crippen molar-refractivity contribution >= 4 is 34.2 Å². The van der Waals surface area contributed by atoms with Gasteiger partial charge in [-0.05, 0) is 50.0 Å². The molecule has 0 aliphatic carbocycles. The highest BCUT2D eigenvalue weighted by Gasteiger charge is 2.41. The van der Waals surface area contributed by atoms with E-state index < -0.39 is 15.9 Å². The molecule has 0 bridgehead atoms. The van der Waals surface area contributed by atoms with Crippen molar-refractivity contribution in [3.8, 4) is 0 Å². The zero-order valence-corrected chi connectivity index (χ0v) is 16.7. The molecular formula is C17H24ClN3O5S. The minimum atomic E-state index is -3.94. The third kappa shape index (κ3) is 4.43. The van der Waals surface area contributed by atoms with E-state index in [1.54, 1.807) is 0 Å². The van der Waals surface area contributed by atoms with Crippen LogP contribution in [0.3, 0.4) is 0 Å². The Morgan fingerprint density at radius 3 is 2.85 bits per heavy atom. The van der Waals surface area contributed by atoms with Gasteiger partial charge in [0.25, 0.3) is 21.8 Å². The van der Waals surface area contributed by atoms with Crippen molar-refractivity contribution in [3.05, 3.63) is 29.3 Å². The molecule has 2 N–H and O–H groups in total. The van der Waals surface area contributed by atoms with E-state index in [0.717, 1.165) is 30.2 Å². The summed E-state index contributed by atoms with van der Waals surface area (Å²) in [6, 6.07) is 4.16. The molecular weight excluding hydrogens is 394 g/mol. The molecule has 0 radical (unpaired) electrons. The Balaban J connectivity index is 0.00000261. The number of hydrogen-bond acceptors (Lipinski definition) is 6. The van der Waals surface area contributed by atoms with Gasteiger partial charge in [-0.3, -0.25) is 9.59 Å². The molecule has 1 atom stereocenters. The van der Waals surface area contributed by atoms with Crippen molar-refractivity contribution in [1.82, 2.24) is 14.9 Å². The second kappa shape index (κ2) is 9.01. The molecule has 2 aliphatic heterocycles. The molecule has 27 heavy (non-hydrogen) atoms. The number of nitrogens with zero attached hydrogens (tertiary/aromatic N) is 1. The topological polar surface area (TPSA) is 105 Å². The standard InChI is InChI=1S/C17H23N3O5S.ClH/c1-25-9-8-20-17(22)14-3-2-13(10-15(14)26(20,23)24)16(21)19-7-5-12-4-6-18-11-12;/h2-3,10,12,18H,4-9,11H2,1H3,(H,19,21);1H. The van der Waals surface area contributed by atoms with Gasteiger partial charge in [0.1, 0.15) is 4.90 Å². The number of amides is 2. The van der Waals surface area contributed by atoms with Gasteiger partial charge in [0.2, 0.25) is 0 Å². The van der Waals surface area contributed by atoms with E-state index in [-0.39, 0.29) is 47.5 Å². The highest BCUT2D eigenvalue weighted by Crippen LogP contribution is 2.30. The van der Waals surface area contributed by atoms with Gasteiger partial charge in [-0.15, -0.1) is 12.4 Å². The van der Waals surface area contributed by atoms with E-state index in [4.69, 9.17) is 4.74 Å². The van der Waals surface area contributed by atoms with Crippen LogP contribution < -0.4 is 10.6 Å². The second-order valence-electron chi connectivity index (χ2n) is 6.49. The predicted octanol–water partition coefficient (Wildman–Crippen LogP) is 0.629. The summed E-state index contributed by atoms with van der Waals surface area (Å²) in [5.74, 6) is -0.364. The van der Waals surface area contributed by atoms with E-state index in [9.17, 15) is 18.0 Å². The van der Waals surface area contributed by atoms with Gasteiger partial charge in [0, 0.05) is 19.2 Å². The molecule has 0 saturated carbocycles. The number of benzene rings is 1. The molecule has 0 spiro atoms. The van der Waals surface area contributed by atoms with Gasteiger partial charge >= 0.3 is 0 Å². The lowest BCUT2D eigenvalue weighted by molar-refractivity contribution is 0.0835. The molecule has 2 aliphatic rings. The molecule has 10 heteroatoms. The number of fused-ring (bicyclic) bond motifs is 1. The van der Waals surface area contributed by atoms with Gasteiger partial charge in [0.15, 0.2) is 0 Å². The Labute approximate surface area is 165 Å². The first kappa shape index (κ1) is 21.6. The Hall–Kier alpha value is -1.68. The van der Waals surface area contributed by atoms with Crippen molar-refractivity contribution in [1.29, 1.82) is 0 Å². The lowest BCUT2D eigenvalue weighted by atomic mass is 10.1. The fourth-order valence-electron chi connectivity index (χ4n) is 3.26. The lowest BCUT2D eigenvalue weighted by Gasteiger charge is -2.13. The van der Waals surface area contributed by atoms with Gasteiger partial charge in [-0.2, -0.15) is 0 Å². The van der Waals surface area contributed by atoms with Crippen LogP contribution in [0.2, 0.25) is 0 Å². The highest BCUT2D eigenvalue weighted by atomic mass is 35.5. The van der Waals surface area contributed by atoms with Gasteiger partial charge in [0.05, 0.1) is 18.7 Å². The van der Waals surface area contributed by atoms with Crippen LogP contribution >= 0.6 is 12.4 Å². The van der Waals surface area contributed by atoms with Crippen LogP contribution in [-0.2, 0) is 14.8 Å². The molecule has 1 saturated heterocycles. The largest absolute Gasteiger partial charge is 0.383 e. The van der Waals surface area contributed by atoms with E-state index >= 15 is 0 Å². The van der Waals surface area contributed by atoms with Crippen molar-refractivity contribution in [3.63, 3.8) is 0 Å². The monoisotopic (exact) mass is 417 g/mol. The zero-order chi connectivity index (χ0) is 18.7.